The lowest BCUT2D eigenvalue weighted by Gasteiger charge is -2.20. The van der Waals surface area contributed by atoms with E-state index in [1.807, 2.05) is 0 Å². The largest absolute Gasteiger partial charge is 0.445 e. The summed E-state index contributed by atoms with van der Waals surface area (Å²) in [4.78, 5) is 23.4. The number of amides is 1. The van der Waals surface area contributed by atoms with Crippen molar-refractivity contribution in [1.82, 2.24) is 14.3 Å². The monoisotopic (exact) mass is 444 g/mol. The minimum Gasteiger partial charge on any atom is -0.445 e. The molecule has 2 N–H and O–H groups in total. The van der Waals surface area contributed by atoms with Gasteiger partial charge in [-0.25, -0.2) is 27.6 Å². The minimum absolute atomic E-state index is 0.00431. The van der Waals surface area contributed by atoms with Gasteiger partial charge in [0.05, 0.1) is 12.2 Å². The Morgan fingerprint density at radius 3 is 2.59 bits per heavy atom. The van der Waals surface area contributed by atoms with Crippen LogP contribution in [-0.4, -0.2) is 27.0 Å². The Balaban J connectivity index is 2.41. The molecule has 0 aliphatic carbocycles. The van der Waals surface area contributed by atoms with E-state index in [-0.39, 0.29) is 17.8 Å². The average Bonchev–Trinajstić information content (AvgIpc) is 2.90. The van der Waals surface area contributed by atoms with E-state index >= 15 is 0 Å². The van der Waals surface area contributed by atoms with E-state index < -0.39 is 35.4 Å². The molecule has 27 heavy (non-hydrogen) atoms. The number of ether oxygens (including phenoxy) is 1. The number of hydrogen-bond donors (Lipinski definition) is 1. The third kappa shape index (κ3) is 5.03. The highest BCUT2D eigenvalue weighted by atomic mass is 79.9. The number of rotatable bonds is 5. The second-order valence-corrected chi connectivity index (χ2v) is 7.73. The summed E-state index contributed by atoms with van der Waals surface area (Å²) in [5.41, 5.74) is 3.43. The molecule has 1 aromatic heterocycles. The predicted molar refractivity (Wildman–Crippen MR) is 98.6 cm³/mol. The molecule has 0 bridgehead atoms. The standard InChI is InChI=1S/C17H19BrF2N4O3/c1-17(2,3)14(20)10(8-27-15(21)25)7-24-16(26)23(9-22-24)13-5-4-11(18)6-12(13)19/h4-6,9H,7-8H2,1-3H3,(H2,21,25)/b14-10+. The topological polar surface area (TPSA) is 92.1 Å². The number of carbonyl (C=O) groups is 1. The van der Waals surface area contributed by atoms with Gasteiger partial charge in [-0.1, -0.05) is 36.7 Å². The van der Waals surface area contributed by atoms with Crippen LogP contribution in [0.2, 0.25) is 0 Å². The Bertz CT molecular complexity index is 944. The number of halogens is 3. The Kier molecular flexibility index (Phi) is 6.19. The summed E-state index contributed by atoms with van der Waals surface area (Å²) in [7, 11) is 0. The van der Waals surface area contributed by atoms with E-state index in [1.165, 1.54) is 12.1 Å². The summed E-state index contributed by atoms with van der Waals surface area (Å²) >= 11 is 3.14. The lowest BCUT2D eigenvalue weighted by molar-refractivity contribution is 0.163. The molecule has 1 heterocycles. The molecular weight excluding hydrogens is 426 g/mol. The lowest BCUT2D eigenvalue weighted by atomic mass is 9.92. The molecule has 0 atom stereocenters. The third-order valence-corrected chi connectivity index (χ3v) is 4.09. The minimum atomic E-state index is -1.07. The van der Waals surface area contributed by atoms with Crippen molar-refractivity contribution in [1.29, 1.82) is 0 Å². The Morgan fingerprint density at radius 1 is 1.37 bits per heavy atom. The van der Waals surface area contributed by atoms with Gasteiger partial charge in [0, 0.05) is 15.5 Å². The van der Waals surface area contributed by atoms with Crippen LogP contribution in [0.1, 0.15) is 20.8 Å². The summed E-state index contributed by atoms with van der Waals surface area (Å²) in [5, 5.41) is 3.90. The molecule has 0 spiro atoms. The number of allylic oxidation sites excluding steroid dienone is 1. The van der Waals surface area contributed by atoms with Gasteiger partial charge in [0.1, 0.15) is 24.6 Å². The van der Waals surface area contributed by atoms with Crippen LogP contribution in [0.3, 0.4) is 0 Å². The number of nitrogens with two attached hydrogens (primary N) is 1. The Morgan fingerprint density at radius 2 is 2.04 bits per heavy atom. The summed E-state index contributed by atoms with van der Waals surface area (Å²) in [6.45, 7) is 4.19. The molecule has 0 unspecified atom stereocenters. The van der Waals surface area contributed by atoms with E-state index in [2.05, 4.69) is 25.8 Å². The van der Waals surface area contributed by atoms with Gasteiger partial charge in [0.15, 0.2) is 0 Å². The number of hydrogen-bond acceptors (Lipinski definition) is 4. The summed E-state index contributed by atoms with van der Waals surface area (Å²) in [6, 6.07) is 4.20. The zero-order valence-electron chi connectivity index (χ0n) is 15.0. The normalized spacial score (nSPS) is 12.7. The molecule has 0 fully saturated rings. The predicted octanol–water partition coefficient (Wildman–Crippen LogP) is 3.30. The highest BCUT2D eigenvalue weighted by Crippen LogP contribution is 2.29. The van der Waals surface area contributed by atoms with Crippen LogP contribution >= 0.6 is 15.9 Å². The van der Waals surface area contributed by atoms with Gasteiger partial charge in [-0.05, 0) is 18.2 Å². The SMILES string of the molecule is CC(C)(C)/C(F)=C(\COC(N)=O)Cn1ncn(-c2ccc(Br)cc2F)c1=O. The number of aromatic nitrogens is 3. The molecule has 0 aliphatic rings. The average molecular weight is 445 g/mol. The van der Waals surface area contributed by atoms with Crippen molar-refractivity contribution in [3.05, 3.63) is 56.7 Å². The van der Waals surface area contributed by atoms with Crippen LogP contribution < -0.4 is 11.4 Å². The van der Waals surface area contributed by atoms with Crippen molar-refractivity contribution in [2.75, 3.05) is 6.61 Å². The van der Waals surface area contributed by atoms with Crippen molar-refractivity contribution in [2.24, 2.45) is 11.1 Å². The van der Waals surface area contributed by atoms with Crippen LogP contribution in [-0.2, 0) is 11.3 Å². The first-order valence-corrected chi connectivity index (χ1v) is 8.70. The van der Waals surface area contributed by atoms with E-state index in [1.54, 1.807) is 26.8 Å². The van der Waals surface area contributed by atoms with Crippen molar-refractivity contribution >= 4 is 22.0 Å². The Labute approximate surface area is 162 Å². The van der Waals surface area contributed by atoms with Crippen molar-refractivity contribution in [2.45, 2.75) is 27.3 Å². The van der Waals surface area contributed by atoms with E-state index in [9.17, 15) is 18.4 Å². The molecule has 1 aromatic carbocycles. The highest BCUT2D eigenvalue weighted by Gasteiger charge is 2.23. The molecule has 0 radical (unpaired) electrons. The van der Waals surface area contributed by atoms with Crippen LogP contribution in [0, 0.1) is 11.2 Å². The van der Waals surface area contributed by atoms with Gasteiger partial charge < -0.3 is 10.5 Å². The number of carbonyl (C=O) groups excluding carboxylic acids is 1. The van der Waals surface area contributed by atoms with Crippen LogP contribution in [0.15, 0.2) is 45.2 Å². The Hall–Kier alpha value is -2.49. The van der Waals surface area contributed by atoms with Crippen molar-refractivity contribution < 1.29 is 18.3 Å². The van der Waals surface area contributed by atoms with E-state index in [4.69, 9.17) is 5.73 Å². The van der Waals surface area contributed by atoms with Gasteiger partial charge in [-0.2, -0.15) is 5.10 Å². The first-order valence-electron chi connectivity index (χ1n) is 7.91. The van der Waals surface area contributed by atoms with Gasteiger partial charge in [0.2, 0.25) is 0 Å². The molecule has 7 nitrogen and oxygen atoms in total. The second-order valence-electron chi connectivity index (χ2n) is 6.81. The van der Waals surface area contributed by atoms with Crippen LogP contribution in [0.4, 0.5) is 13.6 Å². The summed E-state index contributed by atoms with van der Waals surface area (Å²) < 4.78 is 36.0. The fourth-order valence-corrected chi connectivity index (χ4v) is 2.67. The maximum Gasteiger partial charge on any atom is 0.404 e. The lowest BCUT2D eigenvalue weighted by Crippen LogP contribution is -2.27. The molecule has 0 saturated carbocycles. The molecule has 2 rings (SSSR count). The quantitative estimate of drug-likeness (QED) is 0.765. The molecule has 1 amide bonds. The van der Waals surface area contributed by atoms with Gasteiger partial charge in [0.25, 0.3) is 0 Å². The zero-order chi connectivity index (χ0) is 20.4. The van der Waals surface area contributed by atoms with Crippen molar-refractivity contribution in [3.63, 3.8) is 0 Å². The van der Waals surface area contributed by atoms with Crippen LogP contribution in [0.25, 0.3) is 5.69 Å². The summed E-state index contributed by atoms with van der Waals surface area (Å²) in [5.74, 6) is -1.18. The fourth-order valence-electron chi connectivity index (χ4n) is 2.34. The van der Waals surface area contributed by atoms with Gasteiger partial charge in [-0.15, -0.1) is 0 Å². The molecule has 0 aliphatic heterocycles. The molecule has 2 aromatic rings. The first kappa shape index (κ1) is 20.8. The fraction of sp³-hybridized carbons (Fsp3) is 0.353. The van der Waals surface area contributed by atoms with E-state index in [0.29, 0.717) is 4.47 Å². The summed E-state index contributed by atoms with van der Waals surface area (Å²) in [6.07, 6.45) is 0.0694. The maximum atomic E-state index is 14.7. The number of primary amides is 1. The molecule has 10 heteroatoms. The third-order valence-electron chi connectivity index (χ3n) is 3.60. The van der Waals surface area contributed by atoms with Crippen LogP contribution in [0.5, 0.6) is 0 Å². The second kappa shape index (κ2) is 8.03. The number of benzene rings is 1. The highest BCUT2D eigenvalue weighted by molar-refractivity contribution is 9.10. The molecule has 146 valence electrons. The smallest absolute Gasteiger partial charge is 0.404 e. The maximum absolute atomic E-state index is 14.7. The molecule has 0 saturated heterocycles. The zero-order valence-corrected chi connectivity index (χ0v) is 16.6. The van der Waals surface area contributed by atoms with Gasteiger partial charge in [-0.3, -0.25) is 0 Å². The number of nitrogens with zero attached hydrogens (tertiary/aromatic N) is 3. The van der Waals surface area contributed by atoms with Crippen molar-refractivity contribution in [3.8, 4) is 5.69 Å². The molecular formula is C17H19BrF2N4O3. The first-order chi connectivity index (χ1) is 12.5. The van der Waals surface area contributed by atoms with Gasteiger partial charge >= 0.3 is 11.8 Å². The van der Waals surface area contributed by atoms with E-state index in [0.717, 1.165) is 15.6 Å².